The van der Waals surface area contributed by atoms with Gasteiger partial charge >= 0.3 is 5.97 Å². The van der Waals surface area contributed by atoms with Crippen molar-refractivity contribution in [2.75, 3.05) is 31.7 Å². The minimum atomic E-state index is -1.03. The number of aryl methyl sites for hydroxylation is 1. The standard InChI is InChI=1S/C25H30N4O5/c1-14(2)29-24-20(15(3)28-29)23(26-17-7-9-32-10-8-17)21(25(30)31)22(27-24)16-5-4-6-18(11-16)33-12-19-13-34-19/h4-6,11,14,17,19H,7-10,12-13H2,1-3H3,(H,26,27)(H,30,31). The number of hydrogen-bond acceptors (Lipinski definition) is 7. The molecule has 34 heavy (non-hydrogen) atoms. The number of nitrogens with one attached hydrogen (secondary N) is 1. The lowest BCUT2D eigenvalue weighted by atomic mass is 9.99. The van der Waals surface area contributed by atoms with Gasteiger partial charge in [-0.05, 0) is 45.7 Å². The van der Waals surface area contributed by atoms with Crippen LogP contribution in [-0.4, -0.2) is 64.4 Å². The van der Waals surface area contributed by atoms with Gasteiger partial charge in [0.15, 0.2) is 5.65 Å². The zero-order valence-corrected chi connectivity index (χ0v) is 19.7. The molecule has 9 heteroatoms. The molecule has 2 saturated heterocycles. The summed E-state index contributed by atoms with van der Waals surface area (Å²) in [5, 5.41) is 19.4. The number of ether oxygens (including phenoxy) is 3. The van der Waals surface area contributed by atoms with E-state index in [4.69, 9.17) is 24.3 Å². The number of aromatic carboxylic acids is 1. The number of rotatable bonds is 8. The van der Waals surface area contributed by atoms with Crippen LogP contribution < -0.4 is 10.1 Å². The first kappa shape index (κ1) is 22.6. The minimum Gasteiger partial charge on any atom is -0.491 e. The summed E-state index contributed by atoms with van der Waals surface area (Å²) in [5.74, 6) is -0.382. The number of fused-ring (bicyclic) bond motifs is 1. The van der Waals surface area contributed by atoms with Crippen LogP contribution in [0, 0.1) is 6.92 Å². The van der Waals surface area contributed by atoms with Crippen molar-refractivity contribution in [2.24, 2.45) is 0 Å². The Morgan fingerprint density at radius 1 is 1.32 bits per heavy atom. The van der Waals surface area contributed by atoms with E-state index in [2.05, 4.69) is 5.32 Å². The highest BCUT2D eigenvalue weighted by Crippen LogP contribution is 2.38. The Morgan fingerprint density at radius 2 is 2.09 bits per heavy atom. The number of carbonyl (C=O) groups is 1. The van der Waals surface area contributed by atoms with Gasteiger partial charge in [-0.25, -0.2) is 14.5 Å². The van der Waals surface area contributed by atoms with E-state index in [0.717, 1.165) is 23.9 Å². The van der Waals surface area contributed by atoms with E-state index in [1.807, 2.05) is 49.7 Å². The summed E-state index contributed by atoms with van der Waals surface area (Å²) in [6, 6.07) is 7.59. The summed E-state index contributed by atoms with van der Waals surface area (Å²) in [4.78, 5) is 17.6. The average Bonchev–Trinajstić information content (AvgIpc) is 3.59. The smallest absolute Gasteiger partial charge is 0.340 e. The molecule has 3 aromatic rings. The van der Waals surface area contributed by atoms with Gasteiger partial charge in [-0.1, -0.05) is 12.1 Å². The first-order valence-corrected chi connectivity index (χ1v) is 11.8. The molecule has 0 saturated carbocycles. The van der Waals surface area contributed by atoms with Gasteiger partial charge in [0.05, 0.1) is 29.1 Å². The van der Waals surface area contributed by atoms with E-state index in [1.165, 1.54) is 0 Å². The molecule has 1 unspecified atom stereocenters. The van der Waals surface area contributed by atoms with Gasteiger partial charge in [0, 0.05) is 30.9 Å². The number of nitrogens with zero attached hydrogens (tertiary/aromatic N) is 3. The number of pyridine rings is 1. The van der Waals surface area contributed by atoms with Crippen LogP contribution in [0.4, 0.5) is 5.69 Å². The SMILES string of the molecule is Cc1nn(C(C)C)c2nc(-c3cccc(OCC4CO4)c3)c(C(=O)O)c(NC3CCOCC3)c12. The zero-order valence-electron chi connectivity index (χ0n) is 19.7. The Morgan fingerprint density at radius 3 is 2.76 bits per heavy atom. The van der Waals surface area contributed by atoms with Crippen molar-refractivity contribution in [1.29, 1.82) is 0 Å². The highest BCUT2D eigenvalue weighted by Gasteiger charge is 2.29. The van der Waals surface area contributed by atoms with Crippen molar-refractivity contribution >= 4 is 22.7 Å². The number of hydrogen-bond donors (Lipinski definition) is 2. The second-order valence-electron chi connectivity index (χ2n) is 9.16. The number of anilines is 1. The molecule has 2 fully saturated rings. The Bertz CT molecular complexity index is 1210. The van der Waals surface area contributed by atoms with Crippen LogP contribution in [0.3, 0.4) is 0 Å². The van der Waals surface area contributed by atoms with Gasteiger partial charge in [-0.3, -0.25) is 0 Å². The van der Waals surface area contributed by atoms with Gasteiger partial charge in [0.25, 0.3) is 0 Å². The van der Waals surface area contributed by atoms with Crippen molar-refractivity contribution in [1.82, 2.24) is 14.8 Å². The third-order valence-corrected chi connectivity index (χ3v) is 6.23. The molecule has 4 heterocycles. The van der Waals surface area contributed by atoms with Crippen LogP contribution in [0.5, 0.6) is 5.75 Å². The molecule has 0 bridgehead atoms. The molecular weight excluding hydrogens is 436 g/mol. The number of aromatic nitrogens is 3. The lowest BCUT2D eigenvalue weighted by Crippen LogP contribution is -2.29. The molecule has 2 aliphatic heterocycles. The quantitative estimate of drug-likeness (QED) is 0.478. The van der Waals surface area contributed by atoms with Crippen LogP contribution in [0.1, 0.15) is 48.8 Å². The summed E-state index contributed by atoms with van der Waals surface area (Å²) in [7, 11) is 0. The Balaban J connectivity index is 1.68. The summed E-state index contributed by atoms with van der Waals surface area (Å²) in [6.45, 7) is 8.46. The molecule has 1 aromatic carbocycles. The molecule has 180 valence electrons. The molecule has 9 nitrogen and oxygen atoms in total. The Hall–Kier alpha value is -3.17. The van der Waals surface area contributed by atoms with E-state index in [1.54, 1.807) is 0 Å². The monoisotopic (exact) mass is 466 g/mol. The molecule has 2 aromatic heterocycles. The predicted molar refractivity (Wildman–Crippen MR) is 128 cm³/mol. The second kappa shape index (κ2) is 9.23. The lowest BCUT2D eigenvalue weighted by Gasteiger charge is -2.26. The largest absolute Gasteiger partial charge is 0.491 e. The second-order valence-corrected chi connectivity index (χ2v) is 9.16. The van der Waals surface area contributed by atoms with Crippen LogP contribution in [0.25, 0.3) is 22.3 Å². The normalized spacial score (nSPS) is 18.4. The molecule has 0 radical (unpaired) electrons. The molecular formula is C25H30N4O5. The summed E-state index contributed by atoms with van der Waals surface area (Å²) in [5.41, 5.74) is 3.21. The topological polar surface area (TPSA) is 111 Å². The van der Waals surface area contributed by atoms with Crippen LogP contribution >= 0.6 is 0 Å². The fourth-order valence-electron chi connectivity index (χ4n) is 4.39. The van der Waals surface area contributed by atoms with Crippen molar-refractivity contribution in [3.8, 4) is 17.0 Å². The lowest BCUT2D eigenvalue weighted by molar-refractivity contribution is 0.0698. The van der Waals surface area contributed by atoms with Gasteiger partial charge in [0.2, 0.25) is 0 Å². The molecule has 2 N–H and O–H groups in total. The molecule has 0 amide bonds. The number of carboxylic acids is 1. The number of carboxylic acid groups (broad SMARTS) is 1. The maximum atomic E-state index is 12.7. The van der Waals surface area contributed by atoms with E-state index in [-0.39, 0.29) is 23.8 Å². The average molecular weight is 467 g/mol. The highest BCUT2D eigenvalue weighted by molar-refractivity contribution is 6.09. The number of epoxide rings is 1. The summed E-state index contributed by atoms with van der Waals surface area (Å²) >= 11 is 0. The van der Waals surface area contributed by atoms with Crippen molar-refractivity contribution in [3.63, 3.8) is 0 Å². The van der Waals surface area contributed by atoms with E-state index >= 15 is 0 Å². The van der Waals surface area contributed by atoms with Gasteiger partial charge < -0.3 is 24.6 Å². The molecule has 2 aliphatic rings. The van der Waals surface area contributed by atoms with E-state index < -0.39 is 5.97 Å². The Labute approximate surface area is 198 Å². The molecule has 5 rings (SSSR count). The third-order valence-electron chi connectivity index (χ3n) is 6.23. The maximum Gasteiger partial charge on any atom is 0.340 e. The highest BCUT2D eigenvalue weighted by atomic mass is 16.6. The number of benzene rings is 1. The third kappa shape index (κ3) is 4.45. The first-order valence-electron chi connectivity index (χ1n) is 11.8. The van der Waals surface area contributed by atoms with Crippen molar-refractivity contribution in [3.05, 3.63) is 35.5 Å². The van der Waals surface area contributed by atoms with E-state index in [0.29, 0.717) is 54.8 Å². The van der Waals surface area contributed by atoms with Gasteiger partial charge in [-0.15, -0.1) is 0 Å². The predicted octanol–water partition coefficient (Wildman–Crippen LogP) is 4.05. The summed E-state index contributed by atoms with van der Waals surface area (Å²) in [6.07, 6.45) is 1.75. The summed E-state index contributed by atoms with van der Waals surface area (Å²) < 4.78 is 18.4. The maximum absolute atomic E-state index is 12.7. The van der Waals surface area contributed by atoms with Crippen LogP contribution in [0.15, 0.2) is 24.3 Å². The molecule has 0 spiro atoms. The minimum absolute atomic E-state index is 0.0661. The molecule has 1 atom stereocenters. The van der Waals surface area contributed by atoms with Crippen molar-refractivity contribution < 1.29 is 24.1 Å². The van der Waals surface area contributed by atoms with Gasteiger partial charge in [0.1, 0.15) is 24.0 Å². The fourth-order valence-corrected chi connectivity index (χ4v) is 4.39. The Kier molecular flexibility index (Phi) is 6.14. The van der Waals surface area contributed by atoms with Gasteiger partial charge in [-0.2, -0.15) is 5.10 Å². The molecule has 0 aliphatic carbocycles. The zero-order chi connectivity index (χ0) is 23.8. The van der Waals surface area contributed by atoms with Crippen LogP contribution in [0.2, 0.25) is 0 Å². The first-order chi connectivity index (χ1) is 16.4. The van der Waals surface area contributed by atoms with E-state index in [9.17, 15) is 9.90 Å². The fraction of sp³-hybridized carbons (Fsp3) is 0.480. The van der Waals surface area contributed by atoms with Crippen molar-refractivity contribution in [2.45, 2.75) is 51.8 Å². The van der Waals surface area contributed by atoms with Crippen LogP contribution in [-0.2, 0) is 9.47 Å².